The molecular weight excluding hydrogens is 439 g/mol. The summed E-state index contributed by atoms with van der Waals surface area (Å²) in [6, 6.07) is 12.9. The lowest BCUT2D eigenvalue weighted by Crippen LogP contribution is -2.40. The van der Waals surface area contributed by atoms with Gasteiger partial charge in [-0.3, -0.25) is 4.79 Å². The van der Waals surface area contributed by atoms with Crippen LogP contribution in [0.1, 0.15) is 57.1 Å². The van der Waals surface area contributed by atoms with Gasteiger partial charge in [-0.2, -0.15) is 4.39 Å². The van der Waals surface area contributed by atoms with Gasteiger partial charge in [-0.05, 0) is 62.3 Å². The average molecular weight is 471 g/mol. The van der Waals surface area contributed by atoms with E-state index in [1.54, 1.807) is 20.8 Å². The number of hydrogen-bond donors (Lipinski definition) is 2. The molecule has 0 unspecified atom stereocenters. The molecule has 0 saturated heterocycles. The van der Waals surface area contributed by atoms with E-state index in [9.17, 15) is 18.8 Å². The van der Waals surface area contributed by atoms with Crippen molar-refractivity contribution in [3.05, 3.63) is 59.7 Å². The Morgan fingerprint density at radius 3 is 2.09 bits per heavy atom. The number of nitrogens with one attached hydrogen (secondary N) is 2. The molecule has 2 N–H and O–H groups in total. The van der Waals surface area contributed by atoms with Gasteiger partial charge < -0.3 is 20.1 Å². The maximum absolute atomic E-state index is 13.5. The van der Waals surface area contributed by atoms with E-state index in [1.165, 1.54) is 0 Å². The van der Waals surface area contributed by atoms with E-state index >= 15 is 0 Å². The summed E-state index contributed by atoms with van der Waals surface area (Å²) in [5.41, 5.74) is 3.73. The first kappa shape index (κ1) is 25.2. The molecule has 0 spiro atoms. The van der Waals surface area contributed by atoms with Crippen LogP contribution in [-0.4, -0.2) is 43.0 Å². The topological polar surface area (TPSA) is 93.7 Å². The predicted octanol–water partition coefficient (Wildman–Crippen LogP) is 5.08. The van der Waals surface area contributed by atoms with E-state index < -0.39 is 29.9 Å². The lowest BCUT2D eigenvalue weighted by atomic mass is 9.98. The van der Waals surface area contributed by atoms with Crippen molar-refractivity contribution in [1.29, 1.82) is 0 Å². The fourth-order valence-corrected chi connectivity index (χ4v) is 4.00. The van der Waals surface area contributed by atoms with Gasteiger partial charge >= 0.3 is 18.2 Å². The molecule has 1 atom stereocenters. The minimum atomic E-state index is -1.63. The highest BCUT2D eigenvalue weighted by molar-refractivity contribution is 5.81. The number of ether oxygens (including phenoxy) is 2. The molecule has 2 aromatic carbocycles. The number of benzene rings is 2. The second kappa shape index (κ2) is 11.1. The first-order chi connectivity index (χ1) is 16.2. The number of alkyl carbamates (subject to hydrolysis) is 2. The summed E-state index contributed by atoms with van der Waals surface area (Å²) in [6.45, 7) is 5.68. The van der Waals surface area contributed by atoms with Gasteiger partial charge in [0.15, 0.2) is 0 Å². The molecule has 0 heterocycles. The Balaban J connectivity index is 1.46. The summed E-state index contributed by atoms with van der Waals surface area (Å²) in [5, 5.41) is 4.92. The average Bonchev–Trinajstić information content (AvgIpc) is 3.09. The van der Waals surface area contributed by atoms with E-state index in [1.807, 2.05) is 48.5 Å². The van der Waals surface area contributed by atoms with Crippen molar-refractivity contribution < 1.29 is 28.2 Å². The molecule has 0 aliphatic heterocycles. The molecule has 0 fully saturated rings. The lowest BCUT2D eigenvalue weighted by molar-refractivity contribution is -0.131. The highest BCUT2D eigenvalue weighted by Crippen LogP contribution is 2.44. The molecule has 8 heteroatoms. The van der Waals surface area contributed by atoms with Crippen LogP contribution in [0, 0.1) is 0 Å². The van der Waals surface area contributed by atoms with Gasteiger partial charge in [-0.1, -0.05) is 48.5 Å². The van der Waals surface area contributed by atoms with Crippen LogP contribution in [-0.2, 0) is 14.3 Å². The minimum Gasteiger partial charge on any atom is -0.449 e. The number of carbonyl (C=O) groups excluding carboxylic acids is 3. The maximum Gasteiger partial charge on any atom is 0.407 e. The first-order valence-electron chi connectivity index (χ1n) is 11.4. The van der Waals surface area contributed by atoms with Gasteiger partial charge in [-0.25, -0.2) is 9.59 Å². The Morgan fingerprint density at radius 2 is 1.53 bits per heavy atom. The van der Waals surface area contributed by atoms with Crippen LogP contribution in [0.3, 0.4) is 0 Å². The van der Waals surface area contributed by atoms with Crippen molar-refractivity contribution >= 4 is 18.2 Å². The normalized spacial score (nSPS) is 13.4. The third kappa shape index (κ3) is 6.79. The molecule has 7 nitrogen and oxygen atoms in total. The summed E-state index contributed by atoms with van der Waals surface area (Å²) in [6.07, 6.45) is -0.378. The zero-order chi connectivity index (χ0) is 24.7. The molecule has 2 aromatic rings. The molecule has 0 radical (unpaired) electrons. The van der Waals surface area contributed by atoms with E-state index in [-0.39, 0.29) is 18.9 Å². The second-order valence-electron chi connectivity index (χ2n) is 9.25. The van der Waals surface area contributed by atoms with Crippen molar-refractivity contribution in [1.82, 2.24) is 10.6 Å². The van der Waals surface area contributed by atoms with Crippen molar-refractivity contribution in [3.8, 4) is 11.1 Å². The molecule has 34 heavy (non-hydrogen) atoms. The molecule has 0 aromatic heterocycles. The molecule has 2 amide bonds. The van der Waals surface area contributed by atoms with Gasteiger partial charge in [0, 0.05) is 12.5 Å². The smallest absolute Gasteiger partial charge is 0.407 e. The first-order valence-corrected chi connectivity index (χ1v) is 11.4. The Bertz CT molecular complexity index is 988. The van der Waals surface area contributed by atoms with Crippen molar-refractivity contribution in [2.75, 3.05) is 13.2 Å². The van der Waals surface area contributed by atoms with Crippen LogP contribution in [0.2, 0.25) is 0 Å². The molecule has 0 bridgehead atoms. The van der Waals surface area contributed by atoms with Crippen LogP contribution in [0.15, 0.2) is 48.5 Å². The van der Waals surface area contributed by atoms with Crippen LogP contribution < -0.4 is 10.6 Å². The largest absolute Gasteiger partial charge is 0.449 e. The number of hydrogen-bond acceptors (Lipinski definition) is 5. The summed E-state index contributed by atoms with van der Waals surface area (Å²) < 4.78 is 24.0. The van der Waals surface area contributed by atoms with Crippen LogP contribution >= 0.6 is 0 Å². The van der Waals surface area contributed by atoms with Gasteiger partial charge in [-0.15, -0.1) is 0 Å². The van der Waals surface area contributed by atoms with E-state index in [0.717, 1.165) is 22.3 Å². The van der Waals surface area contributed by atoms with Crippen molar-refractivity contribution in [2.45, 2.75) is 57.6 Å². The summed E-state index contributed by atoms with van der Waals surface area (Å²) in [4.78, 5) is 35.3. The summed E-state index contributed by atoms with van der Waals surface area (Å²) in [5.74, 6) is -0.128. The molecule has 1 aliphatic rings. The third-order valence-corrected chi connectivity index (χ3v) is 5.50. The number of carbonyl (C=O) groups is 3. The van der Waals surface area contributed by atoms with Gasteiger partial charge in [0.05, 0.1) is 0 Å². The summed E-state index contributed by atoms with van der Waals surface area (Å²) in [7, 11) is 0. The van der Waals surface area contributed by atoms with Gasteiger partial charge in [0.1, 0.15) is 18.2 Å². The van der Waals surface area contributed by atoms with Crippen molar-refractivity contribution in [2.24, 2.45) is 0 Å². The number of fused-ring (bicyclic) bond motifs is 3. The second-order valence-corrected chi connectivity index (χ2v) is 9.25. The molecule has 182 valence electrons. The molecule has 1 aliphatic carbocycles. The molecular formula is C26H31FN2O5. The highest BCUT2D eigenvalue weighted by Gasteiger charge is 2.29. The maximum atomic E-state index is 13.5. The minimum absolute atomic E-state index is 0.0763. The van der Waals surface area contributed by atoms with Crippen LogP contribution in [0.5, 0.6) is 0 Å². The third-order valence-electron chi connectivity index (χ3n) is 5.50. The van der Waals surface area contributed by atoms with E-state index in [4.69, 9.17) is 9.47 Å². The van der Waals surface area contributed by atoms with Crippen LogP contribution in [0.4, 0.5) is 14.0 Å². The predicted molar refractivity (Wildman–Crippen MR) is 126 cm³/mol. The number of rotatable bonds is 9. The quantitative estimate of drug-likeness (QED) is 0.394. The summed E-state index contributed by atoms with van der Waals surface area (Å²) >= 11 is 0. The molecule has 3 rings (SSSR count). The Labute approximate surface area is 199 Å². The van der Waals surface area contributed by atoms with Gasteiger partial charge in [0.2, 0.25) is 0 Å². The monoisotopic (exact) mass is 470 g/mol. The fourth-order valence-electron chi connectivity index (χ4n) is 4.00. The SMILES string of the molecule is CC(C)(C)OC(=O)NCCCC[C@H](NC(=O)OCC1c2ccccc2-c2ccccc21)C(=O)F. The number of amides is 2. The Hall–Kier alpha value is -3.42. The Kier molecular flexibility index (Phi) is 8.26. The van der Waals surface area contributed by atoms with E-state index in [0.29, 0.717) is 19.4 Å². The number of halogens is 1. The Morgan fingerprint density at radius 1 is 0.941 bits per heavy atom. The van der Waals surface area contributed by atoms with Crippen molar-refractivity contribution in [3.63, 3.8) is 0 Å². The number of unbranched alkanes of at least 4 members (excludes halogenated alkanes) is 1. The lowest BCUT2D eigenvalue weighted by Gasteiger charge is -2.19. The molecule has 0 saturated carbocycles. The standard InChI is InChI=1S/C26H31FN2O5/c1-26(2,3)34-24(31)28-15-9-8-14-22(23(27)30)29-25(32)33-16-21-19-12-6-4-10-17(19)18-11-5-7-13-20(18)21/h4-7,10-13,21-22H,8-9,14-16H2,1-3H3,(H,28,31)(H,29,32)/t22-/m0/s1. The highest BCUT2D eigenvalue weighted by atomic mass is 19.1. The fraction of sp³-hybridized carbons (Fsp3) is 0.423. The zero-order valence-electron chi connectivity index (χ0n) is 19.7. The van der Waals surface area contributed by atoms with Gasteiger partial charge in [0.25, 0.3) is 0 Å². The van der Waals surface area contributed by atoms with E-state index in [2.05, 4.69) is 10.6 Å². The zero-order valence-corrected chi connectivity index (χ0v) is 19.7. The van der Waals surface area contributed by atoms with Crippen LogP contribution in [0.25, 0.3) is 11.1 Å².